The Bertz CT molecular complexity index is 511. The van der Waals surface area contributed by atoms with Crippen LogP contribution in [-0.2, 0) is 10.0 Å². The molecule has 0 amide bonds. The lowest BCUT2D eigenvalue weighted by atomic mass is 10.3. The molecular formula is C9H11ClN2O4S. The van der Waals surface area contributed by atoms with Gasteiger partial charge in [0.1, 0.15) is 10.0 Å². The third-order valence-corrected chi connectivity index (χ3v) is 4.84. The topological polar surface area (TPSA) is 90.7 Å². The summed E-state index contributed by atoms with van der Waals surface area (Å²) in [4.78, 5) is 3.57. The van der Waals surface area contributed by atoms with Gasteiger partial charge in [0, 0.05) is 19.3 Å². The molecule has 8 heteroatoms. The molecule has 0 spiro atoms. The minimum Gasteiger partial charge on any atom is -0.389 e. The molecular weight excluding hydrogens is 268 g/mol. The summed E-state index contributed by atoms with van der Waals surface area (Å²) >= 11 is 5.72. The number of aromatic nitrogens is 1. The van der Waals surface area contributed by atoms with E-state index in [1.165, 1.54) is 18.3 Å². The summed E-state index contributed by atoms with van der Waals surface area (Å²) in [5, 5.41) is 18.6. The summed E-state index contributed by atoms with van der Waals surface area (Å²) in [6.07, 6.45) is -0.755. The average Bonchev–Trinajstić information content (AvgIpc) is 2.60. The smallest absolute Gasteiger partial charge is 0.246 e. The van der Waals surface area contributed by atoms with Crippen LogP contribution in [0.5, 0.6) is 0 Å². The zero-order chi connectivity index (χ0) is 12.6. The van der Waals surface area contributed by atoms with Crippen LogP contribution < -0.4 is 0 Å². The first-order valence-electron chi connectivity index (χ1n) is 4.89. The first-order chi connectivity index (χ1) is 7.93. The molecule has 94 valence electrons. The number of β-amino-alcohol motifs (C(OH)–C–C–N with tert-alkyl or cyclic N) is 2. The first-order valence-corrected chi connectivity index (χ1v) is 6.71. The molecule has 1 aliphatic heterocycles. The highest BCUT2D eigenvalue weighted by Crippen LogP contribution is 2.25. The fourth-order valence-electron chi connectivity index (χ4n) is 1.63. The molecule has 2 rings (SSSR count). The van der Waals surface area contributed by atoms with E-state index in [1.807, 2.05) is 0 Å². The van der Waals surface area contributed by atoms with Crippen LogP contribution in [0, 0.1) is 0 Å². The van der Waals surface area contributed by atoms with E-state index in [4.69, 9.17) is 11.6 Å². The molecule has 0 radical (unpaired) electrons. The standard InChI is InChI=1S/C9H11ClN2O4S/c10-9-8(2-1-3-11-9)17(15,16)12-4-6(13)7(14)5-12/h1-3,6-7,13-14H,4-5H2. The molecule has 2 heterocycles. The Labute approximate surface area is 104 Å². The molecule has 1 aliphatic rings. The highest BCUT2D eigenvalue weighted by Gasteiger charge is 2.38. The zero-order valence-corrected chi connectivity index (χ0v) is 10.3. The lowest BCUT2D eigenvalue weighted by Gasteiger charge is -2.15. The number of rotatable bonds is 2. The predicted molar refractivity (Wildman–Crippen MR) is 60.0 cm³/mol. The van der Waals surface area contributed by atoms with Crippen molar-refractivity contribution in [3.05, 3.63) is 23.5 Å². The quantitative estimate of drug-likeness (QED) is 0.709. The number of halogens is 1. The molecule has 2 N–H and O–H groups in total. The normalized spacial score (nSPS) is 26.3. The molecule has 1 saturated heterocycles. The Kier molecular flexibility index (Phi) is 3.37. The van der Waals surface area contributed by atoms with Crippen molar-refractivity contribution in [1.82, 2.24) is 9.29 Å². The summed E-state index contributed by atoms with van der Waals surface area (Å²) in [7, 11) is -3.82. The Morgan fingerprint density at radius 1 is 1.35 bits per heavy atom. The van der Waals surface area contributed by atoms with Crippen LogP contribution in [0.15, 0.2) is 23.2 Å². The van der Waals surface area contributed by atoms with Crippen LogP contribution in [0.4, 0.5) is 0 Å². The minimum atomic E-state index is -3.82. The number of aliphatic hydroxyl groups excluding tert-OH is 2. The average molecular weight is 279 g/mol. The van der Waals surface area contributed by atoms with Gasteiger partial charge in [0.05, 0.1) is 12.2 Å². The maximum Gasteiger partial charge on any atom is 0.246 e. The van der Waals surface area contributed by atoms with Crippen LogP contribution in [-0.4, -0.2) is 53.2 Å². The molecule has 1 aromatic rings. The molecule has 2 unspecified atom stereocenters. The van der Waals surface area contributed by atoms with Crippen molar-refractivity contribution in [3.8, 4) is 0 Å². The summed E-state index contributed by atoms with van der Waals surface area (Å²) in [5.41, 5.74) is 0. The minimum absolute atomic E-state index is 0.122. The molecule has 1 fully saturated rings. The maximum atomic E-state index is 12.1. The van der Waals surface area contributed by atoms with Gasteiger partial charge in [-0.2, -0.15) is 4.31 Å². The van der Waals surface area contributed by atoms with Gasteiger partial charge in [0.2, 0.25) is 10.0 Å². The van der Waals surface area contributed by atoms with E-state index < -0.39 is 22.2 Å². The fraction of sp³-hybridized carbons (Fsp3) is 0.444. The van der Waals surface area contributed by atoms with E-state index in [1.54, 1.807) is 0 Å². The van der Waals surface area contributed by atoms with Crippen LogP contribution >= 0.6 is 11.6 Å². The Balaban J connectivity index is 2.36. The van der Waals surface area contributed by atoms with Gasteiger partial charge in [0.25, 0.3) is 0 Å². The SMILES string of the molecule is O=S(=O)(c1cccnc1Cl)N1CC(O)C(O)C1. The van der Waals surface area contributed by atoms with Gasteiger partial charge >= 0.3 is 0 Å². The number of sulfonamides is 1. The second kappa shape index (κ2) is 4.51. The van der Waals surface area contributed by atoms with Crippen molar-refractivity contribution in [2.75, 3.05) is 13.1 Å². The van der Waals surface area contributed by atoms with Crippen molar-refractivity contribution < 1.29 is 18.6 Å². The van der Waals surface area contributed by atoms with E-state index in [0.29, 0.717) is 0 Å². The van der Waals surface area contributed by atoms with E-state index in [2.05, 4.69) is 4.98 Å². The summed E-state index contributed by atoms with van der Waals surface area (Å²) in [5.74, 6) is 0. The largest absolute Gasteiger partial charge is 0.389 e. The van der Waals surface area contributed by atoms with E-state index in [0.717, 1.165) is 4.31 Å². The van der Waals surface area contributed by atoms with Crippen LogP contribution in [0.25, 0.3) is 0 Å². The molecule has 0 bridgehead atoms. The molecule has 17 heavy (non-hydrogen) atoms. The number of aliphatic hydroxyl groups is 2. The van der Waals surface area contributed by atoms with Crippen molar-refractivity contribution >= 4 is 21.6 Å². The molecule has 2 atom stereocenters. The predicted octanol–water partition coefficient (Wildman–Crippen LogP) is -0.539. The van der Waals surface area contributed by atoms with Gasteiger partial charge in [-0.05, 0) is 12.1 Å². The molecule has 1 aromatic heterocycles. The Morgan fingerprint density at radius 3 is 2.47 bits per heavy atom. The summed E-state index contributed by atoms with van der Waals surface area (Å²) < 4.78 is 25.2. The molecule has 6 nitrogen and oxygen atoms in total. The van der Waals surface area contributed by atoms with Gasteiger partial charge < -0.3 is 10.2 Å². The molecule has 0 aliphatic carbocycles. The van der Waals surface area contributed by atoms with Crippen molar-refractivity contribution in [1.29, 1.82) is 0 Å². The number of nitrogens with zero attached hydrogens (tertiary/aromatic N) is 2. The van der Waals surface area contributed by atoms with E-state index in [-0.39, 0.29) is 23.1 Å². The number of hydrogen-bond acceptors (Lipinski definition) is 5. The monoisotopic (exact) mass is 278 g/mol. The van der Waals surface area contributed by atoms with Crippen molar-refractivity contribution in [2.24, 2.45) is 0 Å². The highest BCUT2D eigenvalue weighted by molar-refractivity contribution is 7.89. The summed E-state index contributed by atoms with van der Waals surface area (Å²) in [6.45, 7) is -0.288. The second-order valence-electron chi connectivity index (χ2n) is 3.75. The van der Waals surface area contributed by atoms with Crippen molar-refractivity contribution in [3.63, 3.8) is 0 Å². The van der Waals surface area contributed by atoms with E-state index >= 15 is 0 Å². The first kappa shape index (κ1) is 12.7. The van der Waals surface area contributed by atoms with Gasteiger partial charge in [-0.25, -0.2) is 13.4 Å². The van der Waals surface area contributed by atoms with Gasteiger partial charge in [0.15, 0.2) is 0 Å². The molecule has 0 aromatic carbocycles. The number of pyridine rings is 1. The fourth-order valence-corrected chi connectivity index (χ4v) is 3.54. The zero-order valence-electron chi connectivity index (χ0n) is 8.69. The third-order valence-electron chi connectivity index (χ3n) is 2.57. The Hall–Kier alpha value is -0.730. The lowest BCUT2D eigenvalue weighted by Crippen LogP contribution is -2.30. The second-order valence-corrected chi connectivity index (χ2v) is 6.01. The lowest BCUT2D eigenvalue weighted by molar-refractivity contribution is 0.0572. The van der Waals surface area contributed by atoms with Gasteiger partial charge in [-0.15, -0.1) is 0 Å². The molecule has 0 saturated carbocycles. The maximum absolute atomic E-state index is 12.1. The van der Waals surface area contributed by atoms with Crippen molar-refractivity contribution in [2.45, 2.75) is 17.1 Å². The van der Waals surface area contributed by atoms with Crippen LogP contribution in [0.3, 0.4) is 0 Å². The Morgan fingerprint density at radius 2 is 1.94 bits per heavy atom. The van der Waals surface area contributed by atoms with Gasteiger partial charge in [-0.3, -0.25) is 0 Å². The third kappa shape index (κ3) is 2.29. The number of hydrogen-bond donors (Lipinski definition) is 2. The van der Waals surface area contributed by atoms with Crippen LogP contribution in [0.2, 0.25) is 5.15 Å². The van der Waals surface area contributed by atoms with Crippen LogP contribution in [0.1, 0.15) is 0 Å². The van der Waals surface area contributed by atoms with Gasteiger partial charge in [-0.1, -0.05) is 11.6 Å². The highest BCUT2D eigenvalue weighted by atomic mass is 35.5. The summed E-state index contributed by atoms with van der Waals surface area (Å²) in [6, 6.07) is 2.80. The van der Waals surface area contributed by atoms with E-state index in [9.17, 15) is 18.6 Å².